The molecule has 0 saturated carbocycles. The molecule has 0 radical (unpaired) electrons. The number of fused-ring (bicyclic) bond motifs is 1. The summed E-state index contributed by atoms with van der Waals surface area (Å²) in [6.07, 6.45) is -1.48. The van der Waals surface area contributed by atoms with Crippen LogP contribution in [0, 0.1) is 6.92 Å². The number of nitrogens with zero attached hydrogens (tertiary/aromatic N) is 5. The van der Waals surface area contributed by atoms with E-state index in [9.17, 15) is 13.2 Å². The number of anilines is 3. The molecule has 210 valence electrons. The van der Waals surface area contributed by atoms with Gasteiger partial charge in [-0.25, -0.2) is 15.0 Å². The van der Waals surface area contributed by atoms with E-state index < -0.39 is 11.7 Å². The maximum absolute atomic E-state index is 12.4. The number of hydrogen-bond acceptors (Lipinski definition) is 6. The highest BCUT2D eigenvalue weighted by atomic mass is 19.4. The summed E-state index contributed by atoms with van der Waals surface area (Å²) in [7, 11) is 1.95. The van der Waals surface area contributed by atoms with Crippen molar-refractivity contribution < 1.29 is 14.6 Å². The van der Waals surface area contributed by atoms with Crippen molar-refractivity contribution >= 4 is 28.4 Å². The molecule has 1 aliphatic rings. The van der Waals surface area contributed by atoms with Gasteiger partial charge in [0.25, 0.3) is 0 Å². The number of aromatic nitrogens is 4. The van der Waals surface area contributed by atoms with E-state index in [0.717, 1.165) is 67.4 Å². The lowest BCUT2D eigenvalue weighted by molar-refractivity contribution is -0.137. The first kappa shape index (κ1) is 28.4. The molecule has 0 unspecified atom stereocenters. The third-order valence-electron chi connectivity index (χ3n) is 6.57. The maximum Gasteiger partial charge on any atom is 0.416 e. The van der Waals surface area contributed by atoms with E-state index in [-0.39, 0.29) is 6.84 Å². The lowest BCUT2D eigenvalue weighted by atomic mass is 9.87. The summed E-state index contributed by atoms with van der Waals surface area (Å²) in [6.45, 7) is 12.1. The van der Waals surface area contributed by atoms with Gasteiger partial charge in [0.15, 0.2) is 11.5 Å². The summed E-state index contributed by atoms with van der Waals surface area (Å²) in [5.74, 6) is 1.49. The Morgan fingerprint density at radius 1 is 0.949 bits per heavy atom. The van der Waals surface area contributed by atoms with Crippen LogP contribution >= 0.6 is 0 Å². The number of alkyl halides is 3. The van der Waals surface area contributed by atoms with Crippen LogP contribution in [0.15, 0.2) is 54.9 Å². The number of hydrogen-bond donors (Lipinski definition) is 2. The molecule has 7 nitrogen and oxygen atoms in total. The second kappa shape index (κ2) is 11.6. The fourth-order valence-corrected chi connectivity index (χ4v) is 4.42. The highest BCUT2D eigenvalue weighted by Gasteiger charge is 2.30. The minimum atomic E-state index is -4.25. The number of nitrogens with one attached hydrogen (secondary N) is 2. The Morgan fingerprint density at radius 2 is 1.69 bits per heavy atom. The Kier molecular flexibility index (Phi) is 8.44. The van der Waals surface area contributed by atoms with Gasteiger partial charge in [0.1, 0.15) is 11.3 Å². The Labute approximate surface area is 229 Å². The fourth-order valence-electron chi connectivity index (χ4n) is 4.42. The standard InChI is InChI=1S/C17H21N5.C12H15F3N2.H2/c1-11-19-15-14(22(5)10-18-15)16(20-11)21-13-8-6-7-12(9-13)17(2,3)4;13-12(14,15)10-2-4-11(5-3-10)17-8-1-6-16-7-9-17;/h6-10H,1-5H3,(H,19,20,21);2-5,16H,1,6-9H2;1H. The molecule has 0 atom stereocenters. The molecule has 39 heavy (non-hydrogen) atoms. The molecule has 0 amide bonds. The number of aryl methyl sites for hydroxylation is 2. The maximum atomic E-state index is 12.4. The molecule has 1 fully saturated rings. The molecule has 1 aliphatic heterocycles. The second-order valence-corrected chi connectivity index (χ2v) is 10.7. The molecule has 10 heteroatoms. The first-order chi connectivity index (χ1) is 18.4. The number of imidazole rings is 1. The zero-order chi connectivity index (χ0) is 28.2. The van der Waals surface area contributed by atoms with Crippen molar-refractivity contribution in [1.82, 2.24) is 24.8 Å². The van der Waals surface area contributed by atoms with Crippen LogP contribution in [0.2, 0.25) is 0 Å². The predicted molar refractivity (Wildman–Crippen MR) is 153 cm³/mol. The van der Waals surface area contributed by atoms with Crippen molar-refractivity contribution in [2.24, 2.45) is 7.05 Å². The van der Waals surface area contributed by atoms with Gasteiger partial charge in [-0.3, -0.25) is 0 Å². The first-order valence-electron chi connectivity index (χ1n) is 13.1. The predicted octanol–water partition coefficient (Wildman–Crippen LogP) is 6.46. The molecule has 0 bridgehead atoms. The zero-order valence-electron chi connectivity index (χ0n) is 23.1. The van der Waals surface area contributed by atoms with Crippen molar-refractivity contribution in [3.05, 3.63) is 71.8 Å². The summed E-state index contributed by atoms with van der Waals surface area (Å²) in [6, 6.07) is 13.8. The molecule has 2 aromatic carbocycles. The third-order valence-corrected chi connectivity index (χ3v) is 6.57. The van der Waals surface area contributed by atoms with Gasteiger partial charge in [-0.2, -0.15) is 13.2 Å². The van der Waals surface area contributed by atoms with Gasteiger partial charge in [0.05, 0.1) is 11.9 Å². The van der Waals surface area contributed by atoms with Gasteiger partial charge in [0.2, 0.25) is 0 Å². The Hall–Kier alpha value is -3.66. The van der Waals surface area contributed by atoms with E-state index >= 15 is 0 Å². The van der Waals surface area contributed by atoms with E-state index in [2.05, 4.69) is 75.5 Å². The van der Waals surface area contributed by atoms with Crippen molar-refractivity contribution in [3.63, 3.8) is 0 Å². The van der Waals surface area contributed by atoms with E-state index in [4.69, 9.17) is 0 Å². The first-order valence-corrected chi connectivity index (χ1v) is 13.1. The minimum Gasteiger partial charge on any atom is -0.370 e. The second-order valence-electron chi connectivity index (χ2n) is 10.7. The Morgan fingerprint density at radius 3 is 2.38 bits per heavy atom. The third kappa shape index (κ3) is 7.26. The zero-order valence-corrected chi connectivity index (χ0v) is 23.1. The van der Waals surface area contributed by atoms with Crippen LogP contribution in [-0.2, 0) is 18.6 Å². The monoisotopic (exact) mass is 541 g/mol. The lowest BCUT2D eigenvalue weighted by Gasteiger charge is -2.22. The molecule has 0 spiro atoms. The van der Waals surface area contributed by atoms with Crippen LogP contribution in [0.3, 0.4) is 0 Å². The van der Waals surface area contributed by atoms with Crippen molar-refractivity contribution in [2.45, 2.75) is 45.7 Å². The van der Waals surface area contributed by atoms with Crippen molar-refractivity contribution in [2.75, 3.05) is 36.4 Å². The molecule has 1 saturated heterocycles. The average molecular weight is 542 g/mol. The van der Waals surface area contributed by atoms with Crippen LogP contribution in [0.1, 0.15) is 45.6 Å². The van der Waals surface area contributed by atoms with E-state index in [1.54, 1.807) is 18.5 Å². The quantitative estimate of drug-likeness (QED) is 0.310. The number of rotatable bonds is 3. The van der Waals surface area contributed by atoms with E-state index in [1.807, 2.05) is 18.5 Å². The Bertz CT molecular complexity index is 1390. The molecule has 2 aromatic heterocycles. The van der Waals surface area contributed by atoms with Gasteiger partial charge in [-0.05, 0) is 67.3 Å². The van der Waals surface area contributed by atoms with Crippen LogP contribution in [-0.4, -0.2) is 45.7 Å². The summed E-state index contributed by atoms with van der Waals surface area (Å²) < 4.78 is 39.1. The van der Waals surface area contributed by atoms with Gasteiger partial charge < -0.3 is 20.1 Å². The topological polar surface area (TPSA) is 70.9 Å². The highest BCUT2D eigenvalue weighted by Crippen LogP contribution is 2.31. The summed E-state index contributed by atoms with van der Waals surface area (Å²) >= 11 is 0. The molecule has 3 heterocycles. The molecule has 0 aliphatic carbocycles. The van der Waals surface area contributed by atoms with Crippen LogP contribution < -0.4 is 15.5 Å². The number of benzene rings is 2. The largest absolute Gasteiger partial charge is 0.416 e. The lowest BCUT2D eigenvalue weighted by Crippen LogP contribution is -2.27. The Balaban J connectivity index is 0.000000222. The van der Waals surface area contributed by atoms with Crippen molar-refractivity contribution in [1.29, 1.82) is 0 Å². The molecule has 5 rings (SSSR count). The van der Waals surface area contributed by atoms with Gasteiger partial charge >= 0.3 is 6.18 Å². The average Bonchev–Trinajstić information content (AvgIpc) is 3.06. The smallest absolute Gasteiger partial charge is 0.370 e. The van der Waals surface area contributed by atoms with E-state index in [0.29, 0.717) is 11.5 Å². The van der Waals surface area contributed by atoms with Crippen LogP contribution in [0.4, 0.5) is 30.4 Å². The summed E-state index contributed by atoms with van der Waals surface area (Å²) in [5.41, 5.74) is 4.31. The van der Waals surface area contributed by atoms with Gasteiger partial charge in [-0.1, -0.05) is 32.9 Å². The molecular weight excluding hydrogens is 503 g/mol. The minimum absolute atomic E-state index is 0. The van der Waals surface area contributed by atoms with Crippen LogP contribution in [0.25, 0.3) is 11.2 Å². The molecule has 2 N–H and O–H groups in total. The molecule has 4 aromatic rings. The molecular formula is C29H38F3N7. The SMILES string of the molecule is Cc1nc(Nc2cccc(C(C)(C)C)c2)c2c(ncn2C)n1.FC(F)(F)c1ccc(N2CCCNCC2)cc1.[HH]. The normalized spacial score (nSPS) is 14.5. The van der Waals surface area contributed by atoms with Crippen molar-refractivity contribution in [3.8, 4) is 0 Å². The number of halogens is 3. The summed E-state index contributed by atoms with van der Waals surface area (Å²) in [4.78, 5) is 15.3. The van der Waals surface area contributed by atoms with Crippen LogP contribution in [0.5, 0.6) is 0 Å². The highest BCUT2D eigenvalue weighted by molar-refractivity contribution is 5.85. The van der Waals surface area contributed by atoms with Gasteiger partial charge in [0, 0.05) is 39.5 Å². The van der Waals surface area contributed by atoms with Gasteiger partial charge in [-0.15, -0.1) is 0 Å². The van der Waals surface area contributed by atoms with E-state index in [1.165, 1.54) is 5.56 Å². The summed E-state index contributed by atoms with van der Waals surface area (Å²) in [5, 5.41) is 6.68. The fraction of sp³-hybridized carbons (Fsp3) is 0.414.